The van der Waals surface area contributed by atoms with Crippen molar-refractivity contribution in [3.05, 3.63) is 41.2 Å². The largest absolute Gasteiger partial charge is 0.367 e. The number of halogens is 1. The molecule has 1 aromatic heterocycles. The lowest BCUT2D eigenvalue weighted by Crippen LogP contribution is -2.30. The molecule has 6 nitrogen and oxygen atoms in total. The Morgan fingerprint density at radius 1 is 1.58 bits per heavy atom. The summed E-state index contributed by atoms with van der Waals surface area (Å²) in [5.74, 6) is -0.0203. The van der Waals surface area contributed by atoms with Crippen LogP contribution in [0.4, 0.5) is 5.95 Å². The van der Waals surface area contributed by atoms with Crippen molar-refractivity contribution in [1.82, 2.24) is 20.1 Å². The molecule has 0 saturated heterocycles. The van der Waals surface area contributed by atoms with E-state index in [-0.39, 0.29) is 24.4 Å². The first-order valence-electron chi connectivity index (χ1n) is 5.74. The fourth-order valence-corrected chi connectivity index (χ4v) is 1.88. The summed E-state index contributed by atoms with van der Waals surface area (Å²) in [6.07, 6.45) is 1.42. The van der Waals surface area contributed by atoms with E-state index in [4.69, 9.17) is 17.3 Å². The Labute approximate surface area is 115 Å². The molecule has 2 rings (SSSR count). The maximum atomic E-state index is 11.8. The molecule has 0 saturated carbocycles. The molecule has 19 heavy (non-hydrogen) atoms. The molecule has 0 aliphatic heterocycles. The van der Waals surface area contributed by atoms with Crippen LogP contribution in [-0.4, -0.2) is 20.7 Å². The van der Waals surface area contributed by atoms with Crippen LogP contribution in [0.5, 0.6) is 0 Å². The average molecular weight is 280 g/mol. The van der Waals surface area contributed by atoms with Gasteiger partial charge in [0, 0.05) is 5.02 Å². The highest BCUT2D eigenvalue weighted by Crippen LogP contribution is 2.17. The maximum Gasteiger partial charge on any atom is 0.242 e. The van der Waals surface area contributed by atoms with Crippen LogP contribution in [0.15, 0.2) is 30.6 Å². The summed E-state index contributed by atoms with van der Waals surface area (Å²) in [6, 6.07) is 7.23. The number of nitrogen functional groups attached to an aromatic ring is 1. The van der Waals surface area contributed by atoms with Gasteiger partial charge in [0.15, 0.2) is 0 Å². The molecule has 0 bridgehead atoms. The topological polar surface area (TPSA) is 85.8 Å². The van der Waals surface area contributed by atoms with Gasteiger partial charge in [-0.1, -0.05) is 23.7 Å². The van der Waals surface area contributed by atoms with E-state index in [1.807, 2.05) is 25.1 Å². The molecular formula is C12H14ClN5O. The number of amides is 1. The van der Waals surface area contributed by atoms with Gasteiger partial charge in [-0.25, -0.2) is 9.67 Å². The summed E-state index contributed by atoms with van der Waals surface area (Å²) in [4.78, 5) is 15.6. The third-order valence-corrected chi connectivity index (χ3v) is 2.82. The van der Waals surface area contributed by atoms with Gasteiger partial charge in [-0.3, -0.25) is 4.79 Å². The summed E-state index contributed by atoms with van der Waals surface area (Å²) in [5, 5.41) is 7.34. The van der Waals surface area contributed by atoms with Crippen molar-refractivity contribution in [2.45, 2.75) is 19.5 Å². The highest BCUT2D eigenvalue weighted by atomic mass is 35.5. The SMILES string of the molecule is CC(NC(=O)Cn1cnc(N)n1)c1cccc(Cl)c1. The molecule has 1 aromatic carbocycles. The molecule has 1 atom stereocenters. The van der Waals surface area contributed by atoms with Gasteiger partial charge in [0.1, 0.15) is 12.9 Å². The van der Waals surface area contributed by atoms with Gasteiger partial charge >= 0.3 is 0 Å². The normalized spacial score (nSPS) is 12.1. The van der Waals surface area contributed by atoms with Crippen molar-refractivity contribution < 1.29 is 4.79 Å². The van der Waals surface area contributed by atoms with E-state index < -0.39 is 0 Å². The van der Waals surface area contributed by atoms with Gasteiger partial charge < -0.3 is 11.1 Å². The number of hydrogen-bond donors (Lipinski definition) is 2. The molecular weight excluding hydrogens is 266 g/mol. The average Bonchev–Trinajstić information content (AvgIpc) is 2.74. The second-order valence-electron chi connectivity index (χ2n) is 4.14. The Balaban J connectivity index is 1.95. The van der Waals surface area contributed by atoms with Crippen LogP contribution in [-0.2, 0) is 11.3 Å². The number of benzene rings is 1. The van der Waals surface area contributed by atoms with E-state index >= 15 is 0 Å². The van der Waals surface area contributed by atoms with E-state index in [2.05, 4.69) is 15.4 Å². The zero-order chi connectivity index (χ0) is 13.8. The summed E-state index contributed by atoms with van der Waals surface area (Å²) < 4.78 is 1.38. The number of rotatable bonds is 4. The summed E-state index contributed by atoms with van der Waals surface area (Å²) in [6.45, 7) is 1.97. The highest BCUT2D eigenvalue weighted by molar-refractivity contribution is 6.30. The van der Waals surface area contributed by atoms with Crippen molar-refractivity contribution in [3.63, 3.8) is 0 Å². The minimum atomic E-state index is -0.169. The lowest BCUT2D eigenvalue weighted by Gasteiger charge is -2.14. The van der Waals surface area contributed by atoms with E-state index in [0.717, 1.165) is 5.56 Å². The number of nitrogens with two attached hydrogens (primary N) is 1. The van der Waals surface area contributed by atoms with Gasteiger partial charge in [0.05, 0.1) is 6.04 Å². The molecule has 0 radical (unpaired) electrons. The van der Waals surface area contributed by atoms with Crippen molar-refractivity contribution in [2.24, 2.45) is 0 Å². The predicted molar refractivity (Wildman–Crippen MR) is 72.4 cm³/mol. The van der Waals surface area contributed by atoms with Crippen molar-refractivity contribution >= 4 is 23.5 Å². The van der Waals surface area contributed by atoms with E-state index in [9.17, 15) is 4.79 Å². The molecule has 1 heterocycles. The van der Waals surface area contributed by atoms with E-state index in [1.165, 1.54) is 11.0 Å². The van der Waals surface area contributed by atoms with Crippen LogP contribution >= 0.6 is 11.6 Å². The minimum Gasteiger partial charge on any atom is -0.367 e. The number of carbonyl (C=O) groups is 1. The third kappa shape index (κ3) is 3.69. The fraction of sp³-hybridized carbons (Fsp3) is 0.250. The molecule has 1 unspecified atom stereocenters. The lowest BCUT2D eigenvalue weighted by molar-refractivity contribution is -0.122. The maximum absolute atomic E-state index is 11.8. The van der Waals surface area contributed by atoms with Crippen LogP contribution in [0.25, 0.3) is 0 Å². The number of aromatic nitrogens is 3. The van der Waals surface area contributed by atoms with Crippen LogP contribution in [0.1, 0.15) is 18.5 Å². The van der Waals surface area contributed by atoms with Gasteiger partial charge in [-0.2, -0.15) is 0 Å². The van der Waals surface area contributed by atoms with Gasteiger partial charge in [0.25, 0.3) is 0 Å². The predicted octanol–water partition coefficient (Wildman–Crippen LogP) is 1.39. The number of hydrogen-bond acceptors (Lipinski definition) is 4. The van der Waals surface area contributed by atoms with Crippen molar-refractivity contribution in [2.75, 3.05) is 5.73 Å². The fourth-order valence-electron chi connectivity index (χ4n) is 1.68. The Bertz CT molecular complexity index is 583. The molecule has 7 heteroatoms. The Hall–Kier alpha value is -2.08. The zero-order valence-corrected chi connectivity index (χ0v) is 11.1. The smallest absolute Gasteiger partial charge is 0.242 e. The number of anilines is 1. The van der Waals surface area contributed by atoms with E-state index in [0.29, 0.717) is 5.02 Å². The molecule has 0 spiro atoms. The molecule has 0 aliphatic carbocycles. The Morgan fingerprint density at radius 3 is 3.00 bits per heavy atom. The third-order valence-electron chi connectivity index (χ3n) is 2.59. The van der Waals surface area contributed by atoms with E-state index in [1.54, 1.807) is 6.07 Å². The molecule has 0 aliphatic rings. The van der Waals surface area contributed by atoms with Crippen LogP contribution in [0, 0.1) is 0 Å². The number of carbonyl (C=O) groups excluding carboxylic acids is 1. The monoisotopic (exact) mass is 279 g/mol. The summed E-state index contributed by atoms with van der Waals surface area (Å²) >= 11 is 5.91. The van der Waals surface area contributed by atoms with Crippen LogP contribution < -0.4 is 11.1 Å². The summed E-state index contributed by atoms with van der Waals surface area (Å²) in [5.41, 5.74) is 6.32. The molecule has 3 N–H and O–H groups in total. The highest BCUT2D eigenvalue weighted by Gasteiger charge is 2.11. The zero-order valence-electron chi connectivity index (χ0n) is 10.4. The molecule has 2 aromatic rings. The second-order valence-corrected chi connectivity index (χ2v) is 4.58. The van der Waals surface area contributed by atoms with Gasteiger partial charge in [-0.05, 0) is 24.6 Å². The first-order chi connectivity index (χ1) is 9.04. The van der Waals surface area contributed by atoms with Gasteiger partial charge in [-0.15, -0.1) is 5.10 Å². The minimum absolute atomic E-state index is 0.0785. The second kappa shape index (κ2) is 5.71. The Morgan fingerprint density at radius 2 is 2.37 bits per heavy atom. The van der Waals surface area contributed by atoms with Crippen molar-refractivity contribution in [3.8, 4) is 0 Å². The quantitative estimate of drug-likeness (QED) is 0.885. The first kappa shape index (κ1) is 13.4. The lowest BCUT2D eigenvalue weighted by atomic mass is 10.1. The summed E-state index contributed by atoms with van der Waals surface area (Å²) in [7, 11) is 0. The molecule has 0 fully saturated rings. The van der Waals surface area contributed by atoms with Crippen LogP contribution in [0.2, 0.25) is 5.02 Å². The molecule has 100 valence electrons. The Kier molecular flexibility index (Phi) is 4.01. The van der Waals surface area contributed by atoms with Crippen LogP contribution in [0.3, 0.4) is 0 Å². The standard InChI is InChI=1S/C12H14ClN5O/c1-8(9-3-2-4-10(13)5-9)16-11(19)6-18-7-15-12(14)17-18/h2-5,7-8H,6H2,1H3,(H2,14,17)(H,16,19). The molecule has 1 amide bonds. The number of nitrogens with zero attached hydrogens (tertiary/aromatic N) is 3. The number of nitrogens with one attached hydrogen (secondary N) is 1. The van der Waals surface area contributed by atoms with Crippen molar-refractivity contribution in [1.29, 1.82) is 0 Å². The first-order valence-corrected chi connectivity index (χ1v) is 6.12. The van der Waals surface area contributed by atoms with Gasteiger partial charge in [0.2, 0.25) is 11.9 Å².